The molecule has 0 bridgehead atoms. The van der Waals surface area contributed by atoms with Crippen LogP contribution in [0, 0.1) is 11.8 Å². The van der Waals surface area contributed by atoms with Gasteiger partial charge in [-0.25, -0.2) is 0 Å². The van der Waals surface area contributed by atoms with E-state index in [9.17, 15) is 4.79 Å². The van der Waals surface area contributed by atoms with Crippen LogP contribution in [0.5, 0.6) is 0 Å². The third kappa shape index (κ3) is 2.60. The fraction of sp³-hybridized carbons (Fsp3) is 0.643. The molecule has 0 spiro atoms. The molecule has 0 amide bonds. The highest BCUT2D eigenvalue weighted by molar-refractivity contribution is 5.86. The molecular formula is C14H22N2O. The van der Waals surface area contributed by atoms with Crippen molar-refractivity contribution in [1.29, 1.82) is 0 Å². The second kappa shape index (κ2) is 5.50. The summed E-state index contributed by atoms with van der Waals surface area (Å²) in [5.41, 5.74) is 2.51. The fourth-order valence-electron chi connectivity index (χ4n) is 2.66. The SMILES string of the molecule is CCCNCC(=O)C1C2=C(C=CC1C)CCN2. The van der Waals surface area contributed by atoms with Crippen molar-refractivity contribution in [1.82, 2.24) is 10.6 Å². The van der Waals surface area contributed by atoms with Gasteiger partial charge >= 0.3 is 0 Å². The van der Waals surface area contributed by atoms with Gasteiger partial charge in [-0.15, -0.1) is 0 Å². The predicted octanol–water partition coefficient (Wildman–Crippen LogP) is 1.62. The van der Waals surface area contributed by atoms with Crippen molar-refractivity contribution < 1.29 is 4.79 Å². The lowest BCUT2D eigenvalue weighted by atomic mass is 9.81. The molecule has 17 heavy (non-hydrogen) atoms. The highest BCUT2D eigenvalue weighted by Gasteiger charge is 2.33. The zero-order valence-electron chi connectivity index (χ0n) is 10.8. The first kappa shape index (κ1) is 12.4. The van der Waals surface area contributed by atoms with Gasteiger partial charge in [0.15, 0.2) is 5.78 Å². The minimum absolute atomic E-state index is 0.0434. The van der Waals surface area contributed by atoms with Gasteiger partial charge in [-0.3, -0.25) is 4.79 Å². The number of carbonyl (C=O) groups is 1. The second-order valence-corrected chi connectivity index (χ2v) is 4.95. The van der Waals surface area contributed by atoms with Crippen molar-refractivity contribution in [3.8, 4) is 0 Å². The van der Waals surface area contributed by atoms with Gasteiger partial charge in [0, 0.05) is 12.2 Å². The van der Waals surface area contributed by atoms with E-state index in [0.29, 0.717) is 18.2 Å². The van der Waals surface area contributed by atoms with E-state index in [2.05, 4.69) is 36.6 Å². The number of hydrogen-bond donors (Lipinski definition) is 2. The van der Waals surface area contributed by atoms with Crippen LogP contribution in [0.4, 0.5) is 0 Å². The van der Waals surface area contributed by atoms with Crippen molar-refractivity contribution in [2.24, 2.45) is 11.8 Å². The molecule has 2 unspecified atom stereocenters. The van der Waals surface area contributed by atoms with E-state index in [1.54, 1.807) is 0 Å². The summed E-state index contributed by atoms with van der Waals surface area (Å²) in [6, 6.07) is 0. The molecule has 2 rings (SSSR count). The van der Waals surface area contributed by atoms with Gasteiger partial charge in [0.25, 0.3) is 0 Å². The molecule has 0 aromatic heterocycles. The van der Waals surface area contributed by atoms with E-state index in [0.717, 1.165) is 25.9 Å². The molecule has 3 nitrogen and oxygen atoms in total. The number of allylic oxidation sites excluding steroid dienone is 3. The number of nitrogens with one attached hydrogen (secondary N) is 2. The summed E-state index contributed by atoms with van der Waals surface area (Å²) < 4.78 is 0. The molecule has 1 aliphatic heterocycles. The van der Waals surface area contributed by atoms with Crippen molar-refractivity contribution in [2.75, 3.05) is 19.6 Å². The van der Waals surface area contributed by atoms with Gasteiger partial charge in [-0.05, 0) is 30.9 Å². The number of carbonyl (C=O) groups excluding carboxylic acids is 1. The summed E-state index contributed by atoms with van der Waals surface area (Å²) >= 11 is 0. The monoisotopic (exact) mass is 234 g/mol. The molecule has 0 radical (unpaired) electrons. The van der Waals surface area contributed by atoms with Crippen LogP contribution in [0.3, 0.4) is 0 Å². The summed E-state index contributed by atoms with van der Waals surface area (Å²) in [5, 5.41) is 6.60. The zero-order chi connectivity index (χ0) is 12.3. The van der Waals surface area contributed by atoms with Gasteiger partial charge in [-0.2, -0.15) is 0 Å². The molecule has 0 fully saturated rings. The molecular weight excluding hydrogens is 212 g/mol. The molecule has 0 aromatic rings. The van der Waals surface area contributed by atoms with E-state index in [-0.39, 0.29) is 5.92 Å². The summed E-state index contributed by atoms with van der Waals surface area (Å²) in [6.07, 6.45) is 6.49. The third-order valence-corrected chi connectivity index (χ3v) is 3.57. The normalized spacial score (nSPS) is 26.9. The van der Waals surface area contributed by atoms with Gasteiger partial charge in [0.1, 0.15) is 0 Å². The maximum atomic E-state index is 12.3. The van der Waals surface area contributed by atoms with Crippen LogP contribution in [0.2, 0.25) is 0 Å². The summed E-state index contributed by atoms with van der Waals surface area (Å²) in [4.78, 5) is 12.3. The molecule has 0 saturated carbocycles. The molecule has 2 aliphatic rings. The quantitative estimate of drug-likeness (QED) is 0.710. The van der Waals surface area contributed by atoms with Crippen LogP contribution < -0.4 is 10.6 Å². The molecule has 1 heterocycles. The van der Waals surface area contributed by atoms with Gasteiger partial charge < -0.3 is 10.6 Å². The Morgan fingerprint density at radius 2 is 2.41 bits per heavy atom. The Labute approximate surface area is 103 Å². The Morgan fingerprint density at radius 3 is 3.18 bits per heavy atom. The van der Waals surface area contributed by atoms with Crippen molar-refractivity contribution in [3.05, 3.63) is 23.4 Å². The van der Waals surface area contributed by atoms with Crippen LogP contribution in [0.25, 0.3) is 0 Å². The fourth-order valence-corrected chi connectivity index (χ4v) is 2.66. The molecule has 1 aliphatic carbocycles. The van der Waals surface area contributed by atoms with Crippen LogP contribution in [-0.2, 0) is 4.79 Å². The van der Waals surface area contributed by atoms with Crippen molar-refractivity contribution in [2.45, 2.75) is 26.7 Å². The smallest absolute Gasteiger partial charge is 0.156 e. The van der Waals surface area contributed by atoms with Gasteiger partial charge in [0.2, 0.25) is 0 Å². The Kier molecular flexibility index (Phi) is 4.00. The summed E-state index contributed by atoms with van der Waals surface area (Å²) in [6.45, 7) is 6.64. The Morgan fingerprint density at radius 1 is 1.59 bits per heavy atom. The maximum absolute atomic E-state index is 12.3. The van der Waals surface area contributed by atoms with Crippen LogP contribution >= 0.6 is 0 Å². The molecule has 3 heteroatoms. The first-order valence-corrected chi connectivity index (χ1v) is 6.62. The van der Waals surface area contributed by atoms with Crippen LogP contribution in [0.15, 0.2) is 23.4 Å². The Hall–Kier alpha value is -1.09. The van der Waals surface area contributed by atoms with Crippen LogP contribution in [-0.4, -0.2) is 25.4 Å². The average Bonchev–Trinajstić information content (AvgIpc) is 2.77. The lowest BCUT2D eigenvalue weighted by molar-refractivity contribution is -0.121. The topological polar surface area (TPSA) is 41.1 Å². The number of rotatable bonds is 5. The van der Waals surface area contributed by atoms with E-state index >= 15 is 0 Å². The van der Waals surface area contributed by atoms with Crippen LogP contribution in [0.1, 0.15) is 26.7 Å². The number of ketones is 1. The molecule has 2 N–H and O–H groups in total. The predicted molar refractivity (Wildman–Crippen MR) is 69.6 cm³/mol. The second-order valence-electron chi connectivity index (χ2n) is 4.95. The third-order valence-electron chi connectivity index (χ3n) is 3.57. The first-order valence-electron chi connectivity index (χ1n) is 6.62. The highest BCUT2D eigenvalue weighted by Crippen LogP contribution is 2.33. The molecule has 2 atom stereocenters. The van der Waals surface area contributed by atoms with E-state index < -0.39 is 0 Å². The van der Waals surface area contributed by atoms with Crippen molar-refractivity contribution in [3.63, 3.8) is 0 Å². The number of hydrogen-bond acceptors (Lipinski definition) is 3. The minimum atomic E-state index is 0.0434. The van der Waals surface area contributed by atoms with E-state index in [4.69, 9.17) is 0 Å². The van der Waals surface area contributed by atoms with E-state index in [1.165, 1.54) is 11.3 Å². The minimum Gasteiger partial charge on any atom is -0.387 e. The summed E-state index contributed by atoms with van der Waals surface area (Å²) in [7, 11) is 0. The number of Topliss-reactive ketones (excluding diaryl/α,β-unsaturated/α-hetero) is 1. The largest absolute Gasteiger partial charge is 0.387 e. The molecule has 94 valence electrons. The zero-order valence-corrected chi connectivity index (χ0v) is 10.8. The lowest BCUT2D eigenvalue weighted by Crippen LogP contribution is -2.36. The summed E-state index contributed by atoms with van der Waals surface area (Å²) in [5.74, 6) is 0.675. The average molecular weight is 234 g/mol. The standard InChI is InChI=1S/C14H22N2O/c1-3-7-15-9-12(17)13-10(2)4-5-11-6-8-16-14(11)13/h4-5,10,13,15-16H,3,6-9H2,1-2H3. The van der Waals surface area contributed by atoms with Crippen molar-refractivity contribution >= 4 is 5.78 Å². The maximum Gasteiger partial charge on any atom is 0.156 e. The highest BCUT2D eigenvalue weighted by atomic mass is 16.1. The van der Waals surface area contributed by atoms with Gasteiger partial charge in [-0.1, -0.05) is 26.0 Å². The van der Waals surface area contributed by atoms with Gasteiger partial charge in [0.05, 0.1) is 12.5 Å². The first-order chi connectivity index (χ1) is 8.24. The lowest BCUT2D eigenvalue weighted by Gasteiger charge is -2.26. The Bertz CT molecular complexity index is 357. The van der Waals surface area contributed by atoms with E-state index in [1.807, 2.05) is 0 Å². The Balaban J connectivity index is 2.03. The molecule has 0 saturated heterocycles. The molecule has 0 aromatic carbocycles.